The van der Waals surface area contributed by atoms with Crippen LogP contribution >= 0.6 is 11.6 Å². The van der Waals surface area contributed by atoms with Crippen molar-refractivity contribution in [3.63, 3.8) is 0 Å². The Morgan fingerprint density at radius 1 is 1.14 bits per heavy atom. The Kier molecular flexibility index (Phi) is 6.59. The molecule has 1 aliphatic carbocycles. The number of carbonyl (C=O) groups excluding carboxylic acids is 1. The third-order valence-corrected chi connectivity index (χ3v) is 5.40. The summed E-state index contributed by atoms with van der Waals surface area (Å²) < 4.78 is 26.1. The van der Waals surface area contributed by atoms with Crippen LogP contribution in [0, 0.1) is 11.6 Å². The van der Waals surface area contributed by atoms with Crippen molar-refractivity contribution in [2.75, 3.05) is 0 Å². The first kappa shape index (κ1) is 20.9. The van der Waals surface area contributed by atoms with Crippen LogP contribution in [0.15, 0.2) is 41.5 Å². The monoisotopic (exact) mass is 419 g/mol. The van der Waals surface area contributed by atoms with Crippen LogP contribution in [0.4, 0.5) is 8.78 Å². The molecule has 2 heterocycles. The lowest BCUT2D eigenvalue weighted by Crippen LogP contribution is -2.17. The maximum absolute atomic E-state index is 13.2. The van der Waals surface area contributed by atoms with E-state index in [2.05, 4.69) is 9.97 Å². The standard InChI is InChI=1S/C12H13ClF2.C9H7N3O2/c13-11-9(6-7-10(14)12(11)15)8-4-2-1-3-5-8;10-9(14)8-7-5(1-3-12-8)11-4-2-6(7)13/h6-8H,1-5H2;1-4H,(H2,10,14)(H,11,13). The Morgan fingerprint density at radius 3 is 2.55 bits per heavy atom. The van der Waals surface area contributed by atoms with E-state index in [9.17, 15) is 18.4 Å². The molecular weight excluding hydrogens is 400 g/mol. The Hall–Kier alpha value is -2.80. The molecule has 0 bridgehead atoms. The number of halogens is 3. The average molecular weight is 420 g/mol. The molecule has 0 unspecified atom stereocenters. The number of H-pyrrole nitrogens is 1. The van der Waals surface area contributed by atoms with Gasteiger partial charge in [0.25, 0.3) is 5.91 Å². The second-order valence-corrected chi connectivity index (χ2v) is 7.27. The van der Waals surface area contributed by atoms with E-state index in [0.717, 1.165) is 31.2 Å². The molecule has 4 rings (SSSR count). The molecule has 0 atom stereocenters. The van der Waals surface area contributed by atoms with Gasteiger partial charge in [-0.3, -0.25) is 14.6 Å². The number of pyridine rings is 2. The third kappa shape index (κ3) is 4.62. The molecule has 29 heavy (non-hydrogen) atoms. The van der Waals surface area contributed by atoms with Crippen LogP contribution in [-0.2, 0) is 0 Å². The predicted molar refractivity (Wildman–Crippen MR) is 108 cm³/mol. The largest absolute Gasteiger partial charge is 0.364 e. The molecule has 1 amide bonds. The van der Waals surface area contributed by atoms with E-state index in [1.54, 1.807) is 12.1 Å². The molecule has 1 fully saturated rings. The fraction of sp³-hybridized carbons (Fsp3) is 0.286. The number of rotatable bonds is 2. The number of benzene rings is 1. The number of nitrogens with two attached hydrogens (primary N) is 1. The Balaban J connectivity index is 0.000000166. The zero-order valence-corrected chi connectivity index (χ0v) is 16.3. The first-order valence-electron chi connectivity index (χ1n) is 9.29. The van der Waals surface area contributed by atoms with Crippen LogP contribution in [0.1, 0.15) is 54.1 Å². The van der Waals surface area contributed by atoms with Gasteiger partial charge in [0, 0.05) is 18.5 Å². The summed E-state index contributed by atoms with van der Waals surface area (Å²) in [5.41, 5.74) is 6.17. The molecule has 3 aromatic rings. The third-order valence-electron chi connectivity index (χ3n) is 5.01. The molecule has 0 spiro atoms. The molecule has 0 saturated heterocycles. The predicted octanol–water partition coefficient (Wildman–Crippen LogP) is 4.69. The van der Waals surface area contributed by atoms with Crippen LogP contribution in [0.3, 0.4) is 0 Å². The van der Waals surface area contributed by atoms with Crippen molar-refractivity contribution in [3.05, 3.63) is 74.8 Å². The summed E-state index contributed by atoms with van der Waals surface area (Å²) in [6.45, 7) is 0. The molecule has 5 nitrogen and oxygen atoms in total. The lowest BCUT2D eigenvalue weighted by atomic mass is 9.84. The summed E-state index contributed by atoms with van der Waals surface area (Å²) in [6.07, 6.45) is 8.54. The van der Waals surface area contributed by atoms with Gasteiger partial charge >= 0.3 is 0 Å². The van der Waals surface area contributed by atoms with Crippen LogP contribution in [0.25, 0.3) is 10.9 Å². The first-order chi connectivity index (χ1) is 13.9. The van der Waals surface area contributed by atoms with E-state index in [1.807, 2.05) is 0 Å². The second kappa shape index (κ2) is 9.13. The second-order valence-electron chi connectivity index (χ2n) is 6.89. The molecule has 1 aromatic carbocycles. The van der Waals surface area contributed by atoms with E-state index < -0.39 is 17.5 Å². The summed E-state index contributed by atoms with van der Waals surface area (Å²) >= 11 is 5.82. The smallest absolute Gasteiger partial charge is 0.268 e. The highest BCUT2D eigenvalue weighted by atomic mass is 35.5. The van der Waals surface area contributed by atoms with Crippen molar-refractivity contribution in [1.82, 2.24) is 9.97 Å². The normalized spacial score (nSPS) is 14.3. The molecule has 1 saturated carbocycles. The van der Waals surface area contributed by atoms with E-state index >= 15 is 0 Å². The van der Waals surface area contributed by atoms with Gasteiger partial charge in [0.05, 0.1) is 15.9 Å². The minimum Gasteiger partial charge on any atom is -0.364 e. The molecule has 1 aliphatic rings. The van der Waals surface area contributed by atoms with Crippen molar-refractivity contribution in [1.29, 1.82) is 0 Å². The average Bonchev–Trinajstić information content (AvgIpc) is 2.73. The molecular formula is C21H20ClF2N3O2. The lowest BCUT2D eigenvalue weighted by Gasteiger charge is -2.23. The first-order valence-corrected chi connectivity index (χ1v) is 9.67. The molecule has 8 heteroatoms. The van der Waals surface area contributed by atoms with Gasteiger partial charge in [-0.1, -0.05) is 36.9 Å². The van der Waals surface area contributed by atoms with Gasteiger partial charge in [-0.25, -0.2) is 8.78 Å². The number of primary amides is 1. The summed E-state index contributed by atoms with van der Waals surface area (Å²) in [5, 5.41) is 0.212. The van der Waals surface area contributed by atoms with Crippen molar-refractivity contribution >= 4 is 28.4 Å². The molecule has 3 N–H and O–H groups in total. The number of amides is 1. The molecule has 0 aliphatic heterocycles. The van der Waals surface area contributed by atoms with Crippen LogP contribution in [0.5, 0.6) is 0 Å². The van der Waals surface area contributed by atoms with Gasteiger partial charge in [0.15, 0.2) is 17.1 Å². The van der Waals surface area contributed by atoms with E-state index in [0.29, 0.717) is 11.4 Å². The number of hydrogen-bond donors (Lipinski definition) is 2. The Morgan fingerprint density at radius 2 is 1.86 bits per heavy atom. The van der Waals surface area contributed by atoms with Crippen molar-refractivity contribution < 1.29 is 13.6 Å². The molecule has 2 aromatic heterocycles. The number of aromatic amines is 1. The van der Waals surface area contributed by atoms with Gasteiger partial charge in [0.2, 0.25) is 0 Å². The highest BCUT2D eigenvalue weighted by molar-refractivity contribution is 6.31. The van der Waals surface area contributed by atoms with Crippen LogP contribution < -0.4 is 11.2 Å². The minimum atomic E-state index is -0.903. The van der Waals surface area contributed by atoms with Gasteiger partial charge in [-0.15, -0.1) is 0 Å². The van der Waals surface area contributed by atoms with E-state index in [1.165, 1.54) is 30.9 Å². The maximum atomic E-state index is 13.2. The number of carbonyl (C=O) groups is 1. The number of aromatic nitrogens is 2. The van der Waals surface area contributed by atoms with Gasteiger partial charge in [0.1, 0.15) is 5.69 Å². The Bertz CT molecular complexity index is 1090. The number of hydrogen-bond acceptors (Lipinski definition) is 3. The van der Waals surface area contributed by atoms with Gasteiger partial charge < -0.3 is 10.7 Å². The number of fused-ring (bicyclic) bond motifs is 1. The SMILES string of the molecule is Fc1ccc(C2CCCCC2)c(Cl)c1F.NC(=O)c1nccc2[nH]ccc(=O)c12. The summed E-state index contributed by atoms with van der Waals surface area (Å²) in [4.78, 5) is 29.0. The van der Waals surface area contributed by atoms with Crippen molar-refractivity contribution in [3.8, 4) is 0 Å². The van der Waals surface area contributed by atoms with Gasteiger partial charge in [-0.05, 0) is 36.5 Å². The summed E-state index contributed by atoms with van der Waals surface area (Å²) in [7, 11) is 0. The van der Waals surface area contributed by atoms with Crippen molar-refractivity contribution in [2.24, 2.45) is 5.73 Å². The van der Waals surface area contributed by atoms with Crippen molar-refractivity contribution in [2.45, 2.75) is 38.0 Å². The maximum Gasteiger partial charge on any atom is 0.268 e. The summed E-state index contributed by atoms with van der Waals surface area (Å²) in [5.74, 6) is -2.16. The van der Waals surface area contributed by atoms with Crippen LogP contribution in [-0.4, -0.2) is 15.9 Å². The fourth-order valence-electron chi connectivity index (χ4n) is 3.58. The fourth-order valence-corrected chi connectivity index (χ4v) is 3.89. The highest BCUT2D eigenvalue weighted by Crippen LogP contribution is 2.37. The molecule has 152 valence electrons. The molecule has 0 radical (unpaired) electrons. The quantitative estimate of drug-likeness (QED) is 0.590. The minimum absolute atomic E-state index is 0.00403. The number of nitrogens with zero attached hydrogens (tertiary/aromatic N) is 1. The highest BCUT2D eigenvalue weighted by Gasteiger charge is 2.21. The Labute approximate surface area is 170 Å². The summed E-state index contributed by atoms with van der Waals surface area (Å²) in [6, 6.07) is 5.74. The zero-order valence-electron chi connectivity index (χ0n) is 15.6. The van der Waals surface area contributed by atoms with E-state index in [-0.39, 0.29) is 21.5 Å². The van der Waals surface area contributed by atoms with Crippen LogP contribution in [0.2, 0.25) is 5.02 Å². The zero-order chi connectivity index (χ0) is 21.0. The lowest BCUT2D eigenvalue weighted by molar-refractivity contribution is 0.0997. The number of nitrogens with one attached hydrogen (secondary N) is 1. The van der Waals surface area contributed by atoms with E-state index in [4.69, 9.17) is 17.3 Å². The van der Waals surface area contributed by atoms with Gasteiger partial charge in [-0.2, -0.15) is 0 Å². The topological polar surface area (TPSA) is 88.8 Å².